The molecule has 1 fully saturated rings. The summed E-state index contributed by atoms with van der Waals surface area (Å²) in [6.07, 6.45) is 2.07. The van der Waals surface area contributed by atoms with Gasteiger partial charge in [0.1, 0.15) is 0 Å². The lowest BCUT2D eigenvalue weighted by atomic mass is 9.82. The number of carbonyl (C=O) groups is 1. The Hall–Kier alpha value is -1.51. The average Bonchev–Trinajstić information content (AvgIpc) is 2.29. The number of esters is 1. The number of nitrogens with zero attached hydrogens (tertiary/aromatic N) is 1. The number of para-hydroxylation sites is 1. The third kappa shape index (κ3) is 1.39. The van der Waals surface area contributed by atoms with Crippen molar-refractivity contribution < 1.29 is 9.53 Å². The van der Waals surface area contributed by atoms with Crippen LogP contribution in [0.15, 0.2) is 24.3 Å². The van der Waals surface area contributed by atoms with Crippen LogP contribution in [-0.2, 0) is 9.53 Å². The number of hydrogen-bond donors (Lipinski definition) is 0. The van der Waals surface area contributed by atoms with E-state index in [-0.39, 0.29) is 12.2 Å². The molecule has 4 rings (SSSR count). The highest BCUT2D eigenvalue weighted by Crippen LogP contribution is 2.44. The monoisotopic (exact) mass is 217 g/mol. The summed E-state index contributed by atoms with van der Waals surface area (Å²) in [5.41, 5.74) is 2.66. The van der Waals surface area contributed by atoms with Gasteiger partial charge in [0.05, 0.1) is 0 Å². The fraction of sp³-hybridized carbons (Fsp3) is 0.462. The lowest BCUT2D eigenvalue weighted by molar-refractivity contribution is -0.147. The van der Waals surface area contributed by atoms with Gasteiger partial charge in [-0.3, -0.25) is 4.79 Å². The summed E-state index contributed by atoms with van der Waals surface area (Å²) in [4.78, 5) is 13.3. The molecule has 0 spiro atoms. The molecule has 2 unspecified atom stereocenters. The predicted molar refractivity (Wildman–Crippen MR) is 61.3 cm³/mol. The highest BCUT2D eigenvalue weighted by atomic mass is 16.6. The van der Waals surface area contributed by atoms with E-state index in [1.807, 2.05) is 6.07 Å². The minimum absolute atomic E-state index is 0.0499. The maximum atomic E-state index is 11.1. The quantitative estimate of drug-likeness (QED) is 0.676. The Morgan fingerprint density at radius 2 is 2.25 bits per heavy atom. The molecule has 1 aromatic carbocycles. The summed E-state index contributed by atoms with van der Waals surface area (Å²) >= 11 is 0. The van der Waals surface area contributed by atoms with Crippen LogP contribution in [0.3, 0.4) is 0 Å². The summed E-state index contributed by atoms with van der Waals surface area (Å²) in [7, 11) is 0. The van der Waals surface area contributed by atoms with Gasteiger partial charge >= 0.3 is 5.97 Å². The van der Waals surface area contributed by atoms with Gasteiger partial charge in [-0.25, -0.2) is 0 Å². The van der Waals surface area contributed by atoms with Crippen LogP contribution < -0.4 is 4.90 Å². The summed E-state index contributed by atoms with van der Waals surface area (Å²) in [6, 6.07) is 8.44. The summed E-state index contributed by atoms with van der Waals surface area (Å²) in [5.74, 6) is 0.376. The largest absolute Gasteiger partial charge is 0.442 e. The Balaban J connectivity index is 1.95. The molecular weight excluding hydrogens is 202 g/mol. The molecule has 0 radical (unpaired) electrons. The van der Waals surface area contributed by atoms with Gasteiger partial charge in [-0.05, 0) is 24.0 Å². The Kier molecular flexibility index (Phi) is 2.13. The smallest absolute Gasteiger partial charge is 0.304 e. The van der Waals surface area contributed by atoms with Crippen molar-refractivity contribution in [3.8, 4) is 0 Å². The third-order valence-corrected chi connectivity index (χ3v) is 3.54. The predicted octanol–water partition coefficient (Wildman–Crippen LogP) is 2.27. The summed E-state index contributed by atoms with van der Waals surface area (Å²) < 4.78 is 5.37. The lowest BCUT2D eigenvalue weighted by Crippen LogP contribution is -2.48. The number of anilines is 1. The maximum Gasteiger partial charge on any atom is 0.304 e. The van der Waals surface area contributed by atoms with Crippen LogP contribution in [0, 0.1) is 0 Å². The van der Waals surface area contributed by atoms with Crippen LogP contribution in [0.25, 0.3) is 0 Å². The molecule has 0 N–H and O–H groups in total. The van der Waals surface area contributed by atoms with Crippen LogP contribution in [-0.4, -0.2) is 18.7 Å². The van der Waals surface area contributed by atoms with Crippen molar-refractivity contribution in [3.05, 3.63) is 29.8 Å². The van der Waals surface area contributed by atoms with E-state index in [1.165, 1.54) is 24.6 Å². The van der Waals surface area contributed by atoms with Crippen LogP contribution >= 0.6 is 0 Å². The SMILES string of the molecule is CC(=O)OC1CC2CCN1c1ccccc12. The molecule has 3 nitrogen and oxygen atoms in total. The molecule has 0 amide bonds. The fourth-order valence-electron chi connectivity index (χ4n) is 2.88. The molecule has 1 aromatic rings. The molecule has 0 saturated carbocycles. The van der Waals surface area contributed by atoms with Crippen molar-refractivity contribution in [2.24, 2.45) is 0 Å². The highest BCUT2D eigenvalue weighted by Gasteiger charge is 2.38. The second-order valence-electron chi connectivity index (χ2n) is 4.54. The second kappa shape index (κ2) is 3.51. The highest BCUT2D eigenvalue weighted by molar-refractivity contribution is 5.67. The Bertz CT molecular complexity index is 430. The van der Waals surface area contributed by atoms with Crippen molar-refractivity contribution in [2.75, 3.05) is 11.4 Å². The minimum Gasteiger partial charge on any atom is -0.442 e. The Morgan fingerprint density at radius 3 is 3.06 bits per heavy atom. The minimum atomic E-state index is -0.185. The van der Waals surface area contributed by atoms with E-state index in [0.29, 0.717) is 5.92 Å². The second-order valence-corrected chi connectivity index (χ2v) is 4.54. The van der Waals surface area contributed by atoms with E-state index in [2.05, 4.69) is 23.1 Å². The van der Waals surface area contributed by atoms with Gasteiger partial charge in [0, 0.05) is 25.6 Å². The van der Waals surface area contributed by atoms with Gasteiger partial charge in [0.2, 0.25) is 0 Å². The molecule has 3 aliphatic heterocycles. The number of fused-ring (bicyclic) bond motifs is 2. The van der Waals surface area contributed by atoms with Gasteiger partial charge < -0.3 is 9.64 Å². The third-order valence-electron chi connectivity index (χ3n) is 3.54. The van der Waals surface area contributed by atoms with E-state index in [9.17, 15) is 4.79 Å². The van der Waals surface area contributed by atoms with Crippen LogP contribution in [0.4, 0.5) is 5.69 Å². The van der Waals surface area contributed by atoms with E-state index in [1.54, 1.807) is 0 Å². The van der Waals surface area contributed by atoms with Crippen LogP contribution in [0.2, 0.25) is 0 Å². The average molecular weight is 217 g/mol. The number of benzene rings is 1. The first-order chi connectivity index (χ1) is 7.75. The normalized spacial score (nSPS) is 26.4. The molecular formula is C13H15NO2. The van der Waals surface area contributed by atoms with Gasteiger partial charge in [-0.15, -0.1) is 0 Å². The molecule has 3 aliphatic rings. The Morgan fingerprint density at radius 1 is 1.44 bits per heavy atom. The molecule has 3 heteroatoms. The topological polar surface area (TPSA) is 29.5 Å². The Labute approximate surface area is 95.0 Å². The van der Waals surface area contributed by atoms with Gasteiger partial charge in [-0.1, -0.05) is 18.2 Å². The molecule has 0 aromatic heterocycles. The van der Waals surface area contributed by atoms with Crippen molar-refractivity contribution in [1.82, 2.24) is 0 Å². The lowest BCUT2D eigenvalue weighted by Gasteiger charge is -2.46. The fourth-order valence-corrected chi connectivity index (χ4v) is 2.88. The van der Waals surface area contributed by atoms with Gasteiger partial charge in [0.15, 0.2) is 6.23 Å². The van der Waals surface area contributed by atoms with E-state index in [4.69, 9.17) is 4.74 Å². The molecule has 16 heavy (non-hydrogen) atoms. The molecule has 84 valence electrons. The number of rotatable bonds is 1. The number of hydrogen-bond acceptors (Lipinski definition) is 3. The first kappa shape index (κ1) is 9.70. The maximum absolute atomic E-state index is 11.1. The van der Waals surface area contributed by atoms with Crippen LogP contribution in [0.1, 0.15) is 31.2 Å². The first-order valence-electron chi connectivity index (χ1n) is 5.78. The number of ether oxygens (including phenoxy) is 1. The van der Waals surface area contributed by atoms with Crippen molar-refractivity contribution >= 4 is 11.7 Å². The molecule has 3 heterocycles. The molecule has 0 aliphatic carbocycles. The summed E-state index contributed by atoms with van der Waals surface area (Å²) in [5, 5.41) is 0. The van der Waals surface area contributed by atoms with Gasteiger partial charge in [-0.2, -0.15) is 0 Å². The van der Waals surface area contributed by atoms with E-state index >= 15 is 0 Å². The molecule has 2 bridgehead atoms. The van der Waals surface area contributed by atoms with Crippen molar-refractivity contribution in [3.63, 3.8) is 0 Å². The van der Waals surface area contributed by atoms with Gasteiger partial charge in [0.25, 0.3) is 0 Å². The van der Waals surface area contributed by atoms with Crippen molar-refractivity contribution in [2.45, 2.75) is 31.9 Å². The zero-order valence-electron chi connectivity index (χ0n) is 9.35. The first-order valence-corrected chi connectivity index (χ1v) is 5.78. The molecule has 1 saturated heterocycles. The molecule has 2 atom stereocenters. The zero-order valence-corrected chi connectivity index (χ0v) is 9.35. The standard InChI is InChI=1S/C13H15NO2/c1-9(15)16-13-8-10-6-7-14(13)12-5-3-2-4-11(10)12/h2-5,10,13H,6-8H2,1H3. The number of carbonyl (C=O) groups excluding carboxylic acids is 1. The number of piperidine rings is 1. The van der Waals surface area contributed by atoms with Crippen molar-refractivity contribution in [1.29, 1.82) is 0 Å². The van der Waals surface area contributed by atoms with E-state index in [0.717, 1.165) is 13.0 Å². The van der Waals surface area contributed by atoms with Crippen LogP contribution in [0.5, 0.6) is 0 Å². The van der Waals surface area contributed by atoms with E-state index < -0.39 is 0 Å². The zero-order chi connectivity index (χ0) is 11.1. The summed E-state index contributed by atoms with van der Waals surface area (Å²) in [6.45, 7) is 2.48.